The highest BCUT2D eigenvalue weighted by Gasteiger charge is 2.58. The Hall–Kier alpha value is -1.20. The van der Waals surface area contributed by atoms with Crippen molar-refractivity contribution < 1.29 is 23.7 Å². The number of benzene rings is 1. The first-order valence-corrected chi connectivity index (χ1v) is 10.5. The van der Waals surface area contributed by atoms with Crippen molar-refractivity contribution in [3.05, 3.63) is 29.8 Å². The van der Waals surface area contributed by atoms with E-state index in [-0.39, 0.29) is 24.4 Å². The van der Waals surface area contributed by atoms with Crippen LogP contribution in [-0.2, 0) is 23.7 Å². The molecular formula is C20H26N2O5S2. The van der Waals surface area contributed by atoms with Crippen molar-refractivity contribution in [3.63, 3.8) is 0 Å². The Balaban J connectivity index is 1.47. The molecule has 3 aliphatic rings. The molecule has 3 aliphatic heterocycles. The SMILES string of the molecule is CC1(C)O[C@H]2O[C@H]([C@H]3COC(C)(C)O3)[C@@H](NC(=S)Nc3ccc(C=S)cc3)[C@H]2O1. The molecule has 0 amide bonds. The second-order valence-electron chi connectivity index (χ2n) is 8.30. The summed E-state index contributed by atoms with van der Waals surface area (Å²) in [5.41, 5.74) is 1.83. The zero-order valence-corrected chi connectivity index (χ0v) is 18.5. The number of rotatable bonds is 4. The number of nitrogens with one attached hydrogen (secondary N) is 2. The normalized spacial score (nSPS) is 34.6. The van der Waals surface area contributed by atoms with E-state index in [1.165, 1.54) is 0 Å². The summed E-state index contributed by atoms with van der Waals surface area (Å²) in [5, 5.41) is 8.64. The van der Waals surface area contributed by atoms with Gasteiger partial charge in [-0.25, -0.2) is 0 Å². The van der Waals surface area contributed by atoms with E-state index >= 15 is 0 Å². The molecule has 3 fully saturated rings. The summed E-state index contributed by atoms with van der Waals surface area (Å²) >= 11 is 10.5. The molecule has 0 bridgehead atoms. The summed E-state index contributed by atoms with van der Waals surface area (Å²) in [4.78, 5) is 0. The molecule has 0 radical (unpaired) electrons. The zero-order valence-electron chi connectivity index (χ0n) is 16.8. The Bertz CT molecular complexity index is 786. The Morgan fingerprint density at radius 2 is 1.76 bits per heavy atom. The minimum absolute atomic E-state index is 0.256. The van der Waals surface area contributed by atoms with E-state index in [1.54, 1.807) is 5.37 Å². The third-order valence-electron chi connectivity index (χ3n) is 5.09. The van der Waals surface area contributed by atoms with Crippen LogP contribution < -0.4 is 10.6 Å². The van der Waals surface area contributed by atoms with Crippen LogP contribution in [0.4, 0.5) is 5.69 Å². The van der Waals surface area contributed by atoms with Gasteiger partial charge in [0.15, 0.2) is 23.0 Å². The molecular weight excluding hydrogens is 412 g/mol. The van der Waals surface area contributed by atoms with E-state index in [4.69, 9.17) is 48.1 Å². The van der Waals surface area contributed by atoms with Crippen LogP contribution in [0.5, 0.6) is 0 Å². The van der Waals surface area contributed by atoms with Crippen molar-refractivity contribution in [1.82, 2.24) is 5.32 Å². The Morgan fingerprint density at radius 3 is 2.38 bits per heavy atom. The molecule has 29 heavy (non-hydrogen) atoms. The molecule has 158 valence electrons. The van der Waals surface area contributed by atoms with E-state index in [0.29, 0.717) is 11.7 Å². The predicted octanol–water partition coefficient (Wildman–Crippen LogP) is 2.72. The summed E-state index contributed by atoms with van der Waals surface area (Å²) in [6.45, 7) is 7.94. The lowest BCUT2D eigenvalue weighted by atomic mass is 10.0. The Labute approximate surface area is 181 Å². The molecule has 1 aromatic rings. The average Bonchev–Trinajstić information content (AvgIpc) is 3.26. The quantitative estimate of drug-likeness (QED) is 0.691. The van der Waals surface area contributed by atoms with Gasteiger partial charge in [0.25, 0.3) is 0 Å². The van der Waals surface area contributed by atoms with Gasteiger partial charge in [0.1, 0.15) is 18.3 Å². The topological polar surface area (TPSA) is 70.2 Å². The van der Waals surface area contributed by atoms with Crippen LogP contribution in [0, 0.1) is 0 Å². The second-order valence-corrected chi connectivity index (χ2v) is 8.94. The third kappa shape index (κ3) is 4.61. The van der Waals surface area contributed by atoms with Gasteiger partial charge in [-0.15, -0.1) is 0 Å². The summed E-state index contributed by atoms with van der Waals surface area (Å²) in [7, 11) is 0. The third-order valence-corrected chi connectivity index (χ3v) is 5.58. The highest BCUT2D eigenvalue weighted by Crippen LogP contribution is 2.40. The van der Waals surface area contributed by atoms with Crippen molar-refractivity contribution in [3.8, 4) is 0 Å². The van der Waals surface area contributed by atoms with Crippen molar-refractivity contribution in [2.45, 2.75) is 69.9 Å². The van der Waals surface area contributed by atoms with Gasteiger partial charge in [-0.05, 0) is 57.6 Å². The fraction of sp³-hybridized carbons (Fsp3) is 0.600. The second kappa shape index (κ2) is 7.81. The molecule has 0 saturated carbocycles. The molecule has 1 aromatic carbocycles. The molecule has 3 saturated heterocycles. The maximum absolute atomic E-state index is 6.17. The van der Waals surface area contributed by atoms with Gasteiger partial charge in [-0.1, -0.05) is 24.4 Å². The molecule has 0 aliphatic carbocycles. The number of hydrogen-bond donors (Lipinski definition) is 2. The Morgan fingerprint density at radius 1 is 1.03 bits per heavy atom. The standard InChI is InChI=1S/C20H26N2O5S2/c1-19(2)23-9-13(25-19)15-14(16-17(24-15)27-20(3,4)26-16)22-18(29)21-12-7-5-11(10-28)6-8-12/h5-8,10,13-17H,9H2,1-4H3,(H2,21,22,29)/t13-,14-,15-,16-,17-/m1/s1. The fourth-order valence-electron chi connectivity index (χ4n) is 3.86. The summed E-state index contributed by atoms with van der Waals surface area (Å²) in [6, 6.07) is 7.44. The van der Waals surface area contributed by atoms with E-state index < -0.39 is 17.9 Å². The van der Waals surface area contributed by atoms with Crippen LogP contribution in [-0.4, -0.2) is 59.3 Å². The Kier molecular flexibility index (Phi) is 5.67. The summed E-state index contributed by atoms with van der Waals surface area (Å²) in [6.07, 6.45) is -1.41. The zero-order chi connectivity index (χ0) is 20.8. The molecule has 5 atom stereocenters. The lowest BCUT2D eigenvalue weighted by molar-refractivity contribution is -0.223. The first-order chi connectivity index (χ1) is 13.7. The maximum atomic E-state index is 6.17. The lowest BCUT2D eigenvalue weighted by Crippen LogP contribution is -2.53. The number of anilines is 1. The first kappa shape index (κ1) is 21.0. The van der Waals surface area contributed by atoms with Gasteiger partial charge >= 0.3 is 0 Å². The van der Waals surface area contributed by atoms with Crippen molar-refractivity contribution >= 4 is 40.6 Å². The van der Waals surface area contributed by atoms with Gasteiger partial charge in [0.2, 0.25) is 0 Å². The van der Waals surface area contributed by atoms with Gasteiger partial charge in [0, 0.05) is 11.1 Å². The molecule has 0 aromatic heterocycles. The minimum Gasteiger partial charge on any atom is -0.354 e. The first-order valence-electron chi connectivity index (χ1n) is 9.61. The monoisotopic (exact) mass is 438 g/mol. The van der Waals surface area contributed by atoms with Crippen LogP contribution in [0.15, 0.2) is 24.3 Å². The predicted molar refractivity (Wildman–Crippen MR) is 116 cm³/mol. The molecule has 2 N–H and O–H groups in total. The van der Waals surface area contributed by atoms with Crippen LogP contribution in [0.25, 0.3) is 0 Å². The van der Waals surface area contributed by atoms with Crippen molar-refractivity contribution in [2.24, 2.45) is 0 Å². The van der Waals surface area contributed by atoms with Crippen LogP contribution in [0.3, 0.4) is 0 Å². The minimum atomic E-state index is -0.724. The van der Waals surface area contributed by atoms with Gasteiger partial charge in [-0.3, -0.25) is 0 Å². The van der Waals surface area contributed by atoms with E-state index in [2.05, 4.69) is 10.6 Å². The highest BCUT2D eigenvalue weighted by molar-refractivity contribution is 7.80. The van der Waals surface area contributed by atoms with E-state index in [9.17, 15) is 0 Å². The number of ether oxygens (including phenoxy) is 5. The van der Waals surface area contributed by atoms with Crippen LogP contribution in [0.2, 0.25) is 0 Å². The highest BCUT2D eigenvalue weighted by atomic mass is 32.1. The van der Waals surface area contributed by atoms with E-state index in [1.807, 2.05) is 52.0 Å². The molecule has 0 unspecified atom stereocenters. The fourth-order valence-corrected chi connectivity index (χ4v) is 4.27. The summed E-state index contributed by atoms with van der Waals surface area (Å²) < 4.78 is 29.9. The average molecular weight is 439 g/mol. The van der Waals surface area contributed by atoms with E-state index in [0.717, 1.165) is 11.3 Å². The summed E-state index contributed by atoms with van der Waals surface area (Å²) in [5.74, 6) is -1.38. The largest absolute Gasteiger partial charge is 0.354 e. The van der Waals surface area contributed by atoms with Gasteiger partial charge in [0.05, 0.1) is 12.6 Å². The smallest absolute Gasteiger partial charge is 0.189 e. The molecule has 3 heterocycles. The number of fused-ring (bicyclic) bond motifs is 1. The van der Waals surface area contributed by atoms with Crippen LogP contribution in [0.1, 0.15) is 33.3 Å². The van der Waals surface area contributed by atoms with Gasteiger partial charge in [-0.2, -0.15) is 0 Å². The molecule has 7 nitrogen and oxygen atoms in total. The molecule has 9 heteroatoms. The van der Waals surface area contributed by atoms with Gasteiger partial charge < -0.3 is 34.3 Å². The number of hydrogen-bond acceptors (Lipinski definition) is 7. The molecule has 4 rings (SSSR count). The van der Waals surface area contributed by atoms with Crippen LogP contribution >= 0.6 is 24.4 Å². The van der Waals surface area contributed by atoms with Crippen molar-refractivity contribution in [1.29, 1.82) is 0 Å². The van der Waals surface area contributed by atoms with Crippen molar-refractivity contribution in [2.75, 3.05) is 11.9 Å². The molecule has 0 spiro atoms. The number of thiocarbonyl (C=S) groups is 2. The lowest BCUT2D eigenvalue weighted by Gasteiger charge is -2.30. The maximum Gasteiger partial charge on any atom is 0.189 e.